The van der Waals surface area contributed by atoms with Gasteiger partial charge in [0.15, 0.2) is 0 Å². The van der Waals surface area contributed by atoms with Gasteiger partial charge in [-0.1, -0.05) is 48.4 Å². The molecule has 0 bridgehead atoms. The number of thioether (sulfide) groups is 1. The number of carbonyl (C=O) groups excluding carboxylic acids is 2. The molecule has 0 aliphatic carbocycles. The molecule has 0 saturated heterocycles. The van der Waals surface area contributed by atoms with E-state index in [1.807, 2.05) is 70.2 Å². The maximum absolute atomic E-state index is 13.1. The predicted molar refractivity (Wildman–Crippen MR) is 130 cm³/mol. The van der Waals surface area contributed by atoms with E-state index in [2.05, 4.69) is 11.4 Å². The molecule has 0 heterocycles. The number of nitrogens with zero attached hydrogens (tertiary/aromatic N) is 1. The van der Waals surface area contributed by atoms with Gasteiger partial charge < -0.3 is 10.2 Å². The van der Waals surface area contributed by atoms with E-state index in [0.717, 1.165) is 39.6 Å². The topological polar surface area (TPSA) is 49.4 Å². The van der Waals surface area contributed by atoms with Gasteiger partial charge >= 0.3 is 0 Å². The van der Waals surface area contributed by atoms with Crippen molar-refractivity contribution in [2.45, 2.75) is 70.5 Å². The molecule has 31 heavy (non-hydrogen) atoms. The summed E-state index contributed by atoms with van der Waals surface area (Å²) in [6.07, 6.45) is 2.01. The van der Waals surface area contributed by atoms with E-state index in [-0.39, 0.29) is 17.9 Å². The molecule has 6 heteroatoms. The van der Waals surface area contributed by atoms with Crippen molar-refractivity contribution in [1.82, 2.24) is 10.2 Å². The monoisotopic (exact) mass is 460 g/mol. The number of hydrogen-bond acceptors (Lipinski definition) is 3. The van der Waals surface area contributed by atoms with Crippen LogP contribution in [0.3, 0.4) is 0 Å². The van der Waals surface area contributed by atoms with Crippen LogP contribution in [-0.4, -0.2) is 34.6 Å². The van der Waals surface area contributed by atoms with Crippen LogP contribution >= 0.6 is 23.4 Å². The van der Waals surface area contributed by atoms with Crippen LogP contribution in [0.5, 0.6) is 0 Å². The molecule has 2 aromatic carbocycles. The molecule has 4 nitrogen and oxygen atoms in total. The standard InChI is InChI=1S/C25H33ClN2O2S/c1-5-19(3)27-25(30)20(4)28(17-21-9-6-8-18(2)16-21)24(29)10-7-15-31-23-13-11-22(26)12-14-23/h6,8-9,11-14,16,19-20H,5,7,10,15,17H2,1-4H3,(H,27,30)/t19-,20-/m1/s1. The zero-order valence-electron chi connectivity index (χ0n) is 18.9. The van der Waals surface area contributed by atoms with Gasteiger partial charge in [-0.25, -0.2) is 0 Å². The van der Waals surface area contributed by atoms with Gasteiger partial charge in [0.2, 0.25) is 11.8 Å². The number of aryl methyl sites for hydroxylation is 1. The summed E-state index contributed by atoms with van der Waals surface area (Å²) in [7, 11) is 0. The van der Waals surface area contributed by atoms with Crippen molar-refractivity contribution in [2.75, 3.05) is 5.75 Å². The van der Waals surface area contributed by atoms with E-state index in [9.17, 15) is 9.59 Å². The highest BCUT2D eigenvalue weighted by atomic mass is 35.5. The highest BCUT2D eigenvalue weighted by Gasteiger charge is 2.26. The number of rotatable bonds is 11. The van der Waals surface area contributed by atoms with Crippen molar-refractivity contribution < 1.29 is 9.59 Å². The first kappa shape index (κ1) is 25.3. The molecule has 1 N–H and O–H groups in total. The molecule has 0 fully saturated rings. The van der Waals surface area contributed by atoms with Crippen molar-refractivity contribution in [3.63, 3.8) is 0 Å². The van der Waals surface area contributed by atoms with Gasteiger partial charge in [0, 0.05) is 28.9 Å². The summed E-state index contributed by atoms with van der Waals surface area (Å²) >= 11 is 7.64. The quantitative estimate of drug-likeness (QED) is 0.338. The van der Waals surface area contributed by atoms with Crippen molar-refractivity contribution in [1.29, 1.82) is 0 Å². The van der Waals surface area contributed by atoms with Crippen LogP contribution in [0.25, 0.3) is 0 Å². The second kappa shape index (κ2) is 12.8. The van der Waals surface area contributed by atoms with Crippen molar-refractivity contribution in [3.05, 3.63) is 64.7 Å². The van der Waals surface area contributed by atoms with E-state index < -0.39 is 6.04 Å². The first-order valence-corrected chi connectivity index (χ1v) is 12.2. The first-order valence-electron chi connectivity index (χ1n) is 10.8. The zero-order chi connectivity index (χ0) is 22.8. The van der Waals surface area contributed by atoms with Gasteiger partial charge in [-0.3, -0.25) is 9.59 Å². The lowest BCUT2D eigenvalue weighted by molar-refractivity contribution is -0.140. The van der Waals surface area contributed by atoms with Crippen LogP contribution < -0.4 is 5.32 Å². The third kappa shape index (κ3) is 8.58. The van der Waals surface area contributed by atoms with Crippen LogP contribution in [-0.2, 0) is 16.1 Å². The number of benzene rings is 2. The average Bonchev–Trinajstić information content (AvgIpc) is 2.75. The third-order valence-electron chi connectivity index (χ3n) is 5.22. The lowest BCUT2D eigenvalue weighted by Crippen LogP contribution is -2.49. The van der Waals surface area contributed by atoms with Crippen LogP contribution in [0, 0.1) is 6.92 Å². The van der Waals surface area contributed by atoms with Crippen LogP contribution in [0.4, 0.5) is 0 Å². The minimum Gasteiger partial charge on any atom is -0.352 e. The van der Waals surface area contributed by atoms with E-state index in [0.29, 0.717) is 13.0 Å². The maximum atomic E-state index is 13.1. The fourth-order valence-electron chi connectivity index (χ4n) is 3.14. The summed E-state index contributed by atoms with van der Waals surface area (Å²) in [6, 6.07) is 15.4. The zero-order valence-corrected chi connectivity index (χ0v) is 20.4. The molecule has 0 aliphatic heterocycles. The van der Waals surface area contributed by atoms with Crippen molar-refractivity contribution in [3.8, 4) is 0 Å². The molecule has 0 aromatic heterocycles. The molecule has 168 valence electrons. The molecule has 0 spiro atoms. The van der Waals surface area contributed by atoms with Gasteiger partial charge in [0.05, 0.1) is 0 Å². The summed E-state index contributed by atoms with van der Waals surface area (Å²) in [6.45, 7) is 8.28. The second-order valence-corrected chi connectivity index (χ2v) is 9.52. The number of hydrogen-bond donors (Lipinski definition) is 1. The second-order valence-electron chi connectivity index (χ2n) is 7.91. The van der Waals surface area contributed by atoms with E-state index >= 15 is 0 Å². The first-order chi connectivity index (χ1) is 14.8. The van der Waals surface area contributed by atoms with Crippen molar-refractivity contribution >= 4 is 35.2 Å². The fourth-order valence-corrected chi connectivity index (χ4v) is 4.12. The van der Waals surface area contributed by atoms with E-state index in [1.54, 1.807) is 16.7 Å². The molecule has 2 aromatic rings. The van der Waals surface area contributed by atoms with Crippen LogP contribution in [0.1, 0.15) is 51.2 Å². The normalized spacial score (nSPS) is 12.8. The molecule has 2 rings (SSSR count). The van der Waals surface area contributed by atoms with Gasteiger partial charge in [-0.05, 0) is 69.2 Å². The van der Waals surface area contributed by atoms with Crippen molar-refractivity contribution in [2.24, 2.45) is 0 Å². The molecule has 0 unspecified atom stereocenters. The van der Waals surface area contributed by atoms with E-state index in [4.69, 9.17) is 11.6 Å². The highest BCUT2D eigenvalue weighted by Crippen LogP contribution is 2.22. The fraction of sp³-hybridized carbons (Fsp3) is 0.440. The SMILES string of the molecule is CC[C@@H](C)NC(=O)[C@@H](C)N(Cc1cccc(C)c1)C(=O)CCCSc1ccc(Cl)cc1. The smallest absolute Gasteiger partial charge is 0.242 e. The van der Waals surface area contributed by atoms with Crippen LogP contribution in [0.15, 0.2) is 53.4 Å². The summed E-state index contributed by atoms with van der Waals surface area (Å²) in [4.78, 5) is 28.7. The summed E-state index contributed by atoms with van der Waals surface area (Å²) in [5.41, 5.74) is 2.17. The molecule has 0 aliphatic rings. The Balaban J connectivity index is 2.00. The Labute approximate surface area is 195 Å². The van der Waals surface area contributed by atoms with E-state index in [1.165, 1.54) is 0 Å². The molecular weight excluding hydrogens is 428 g/mol. The summed E-state index contributed by atoms with van der Waals surface area (Å²) in [5, 5.41) is 3.73. The van der Waals surface area contributed by atoms with Gasteiger partial charge in [0.25, 0.3) is 0 Å². The summed E-state index contributed by atoms with van der Waals surface area (Å²) < 4.78 is 0. The lowest BCUT2D eigenvalue weighted by atomic mass is 10.1. The molecular formula is C25H33ClN2O2S. The minimum absolute atomic E-state index is 0.00464. The largest absolute Gasteiger partial charge is 0.352 e. The Hall–Kier alpha value is -1.98. The average molecular weight is 461 g/mol. The van der Waals surface area contributed by atoms with Gasteiger partial charge in [-0.2, -0.15) is 0 Å². The van der Waals surface area contributed by atoms with Gasteiger partial charge in [0.1, 0.15) is 6.04 Å². The molecule has 2 amide bonds. The molecule has 0 saturated carbocycles. The maximum Gasteiger partial charge on any atom is 0.242 e. The number of amides is 2. The number of carbonyl (C=O) groups is 2. The predicted octanol–water partition coefficient (Wildman–Crippen LogP) is 5.85. The lowest BCUT2D eigenvalue weighted by Gasteiger charge is -2.30. The molecule has 0 radical (unpaired) electrons. The number of halogens is 1. The third-order valence-corrected chi connectivity index (χ3v) is 6.57. The highest BCUT2D eigenvalue weighted by molar-refractivity contribution is 7.99. The van der Waals surface area contributed by atoms with Gasteiger partial charge in [-0.15, -0.1) is 11.8 Å². The summed E-state index contributed by atoms with van der Waals surface area (Å²) in [5.74, 6) is 0.731. The number of nitrogens with one attached hydrogen (secondary N) is 1. The Morgan fingerprint density at radius 3 is 2.48 bits per heavy atom. The Morgan fingerprint density at radius 2 is 1.84 bits per heavy atom. The van der Waals surface area contributed by atoms with Crippen LogP contribution in [0.2, 0.25) is 5.02 Å². The Kier molecular flexibility index (Phi) is 10.4. The Bertz CT molecular complexity index is 857. The Morgan fingerprint density at radius 1 is 1.13 bits per heavy atom. The molecule has 2 atom stereocenters. The minimum atomic E-state index is -0.522.